The molecule has 1 unspecified atom stereocenters. The van der Waals surface area contributed by atoms with Crippen molar-refractivity contribution in [3.8, 4) is 11.3 Å². The minimum Gasteiger partial charge on any atom is -0.317 e. The predicted octanol–water partition coefficient (Wildman–Crippen LogP) is 2.99. The summed E-state index contributed by atoms with van der Waals surface area (Å²) in [6, 6.07) is 10.7. The molecule has 2 rings (SSSR count). The molecule has 0 fully saturated rings. The van der Waals surface area contributed by atoms with Gasteiger partial charge >= 0.3 is 0 Å². The fourth-order valence-electron chi connectivity index (χ4n) is 1.69. The normalized spacial score (nSPS) is 12.6. The van der Waals surface area contributed by atoms with E-state index in [1.807, 2.05) is 19.2 Å². The molecule has 2 aromatic rings. The molecule has 0 aliphatic heterocycles. The van der Waals surface area contributed by atoms with Crippen molar-refractivity contribution in [2.24, 2.45) is 0 Å². The van der Waals surface area contributed by atoms with Gasteiger partial charge in [-0.25, -0.2) is 0 Å². The lowest BCUT2D eigenvalue weighted by molar-refractivity contribution is 0.600. The van der Waals surface area contributed by atoms with E-state index in [2.05, 4.69) is 56.6 Å². The Bertz CT molecular complexity index is 493. The first-order chi connectivity index (χ1) is 8.19. The van der Waals surface area contributed by atoms with Crippen molar-refractivity contribution >= 4 is 15.9 Å². The van der Waals surface area contributed by atoms with Gasteiger partial charge in [-0.15, -0.1) is 0 Å². The highest BCUT2D eigenvalue weighted by Gasteiger charge is 2.06. The van der Waals surface area contributed by atoms with Gasteiger partial charge in [0.25, 0.3) is 0 Å². The Morgan fingerprint density at radius 2 is 2.24 bits per heavy atom. The van der Waals surface area contributed by atoms with Crippen LogP contribution in [0.15, 0.2) is 34.8 Å². The number of aromatic nitrogens is 2. The van der Waals surface area contributed by atoms with Crippen LogP contribution in [0.25, 0.3) is 11.3 Å². The third-order valence-corrected chi connectivity index (χ3v) is 3.26. The van der Waals surface area contributed by atoms with Crippen LogP contribution >= 0.6 is 15.9 Å². The molecular formula is C13H16BrN3. The quantitative estimate of drug-likeness (QED) is 0.910. The van der Waals surface area contributed by atoms with Crippen molar-refractivity contribution in [1.29, 1.82) is 0 Å². The first-order valence-corrected chi connectivity index (χ1v) is 6.46. The van der Waals surface area contributed by atoms with Gasteiger partial charge in [0, 0.05) is 28.2 Å². The highest BCUT2D eigenvalue weighted by molar-refractivity contribution is 9.10. The molecule has 90 valence electrons. The second kappa shape index (κ2) is 5.47. The number of rotatable bonds is 4. The monoisotopic (exact) mass is 293 g/mol. The summed E-state index contributed by atoms with van der Waals surface area (Å²) in [7, 11) is 1.97. The second-order valence-corrected chi connectivity index (χ2v) is 5.10. The van der Waals surface area contributed by atoms with Crippen molar-refractivity contribution in [2.45, 2.75) is 19.4 Å². The SMILES string of the molecule is CNC(C)Cc1cc(-c2cccc(Br)c2)n[nH]1. The smallest absolute Gasteiger partial charge is 0.0923 e. The van der Waals surface area contributed by atoms with Gasteiger partial charge in [-0.2, -0.15) is 5.10 Å². The molecule has 4 heteroatoms. The molecule has 17 heavy (non-hydrogen) atoms. The molecule has 1 aromatic heterocycles. The second-order valence-electron chi connectivity index (χ2n) is 4.18. The van der Waals surface area contributed by atoms with E-state index in [9.17, 15) is 0 Å². The number of nitrogens with one attached hydrogen (secondary N) is 2. The molecule has 2 N–H and O–H groups in total. The van der Waals surface area contributed by atoms with Gasteiger partial charge in [0.1, 0.15) is 0 Å². The van der Waals surface area contributed by atoms with Gasteiger partial charge in [0.2, 0.25) is 0 Å². The summed E-state index contributed by atoms with van der Waals surface area (Å²) < 4.78 is 1.07. The largest absolute Gasteiger partial charge is 0.317 e. The Hall–Kier alpha value is -1.13. The molecule has 0 aliphatic rings. The number of hydrogen-bond donors (Lipinski definition) is 2. The van der Waals surface area contributed by atoms with Crippen LogP contribution in [0.1, 0.15) is 12.6 Å². The van der Waals surface area contributed by atoms with Gasteiger partial charge in [-0.3, -0.25) is 5.10 Å². The predicted molar refractivity (Wildman–Crippen MR) is 73.9 cm³/mol. The zero-order valence-corrected chi connectivity index (χ0v) is 11.6. The van der Waals surface area contributed by atoms with E-state index in [-0.39, 0.29) is 0 Å². The van der Waals surface area contributed by atoms with Gasteiger partial charge in [0.15, 0.2) is 0 Å². The Morgan fingerprint density at radius 1 is 1.41 bits per heavy atom. The van der Waals surface area contributed by atoms with Crippen molar-refractivity contribution in [3.63, 3.8) is 0 Å². The molecule has 0 saturated heterocycles. The Kier molecular flexibility index (Phi) is 3.97. The minimum absolute atomic E-state index is 0.450. The van der Waals surface area contributed by atoms with Crippen molar-refractivity contribution in [1.82, 2.24) is 15.5 Å². The van der Waals surface area contributed by atoms with Crippen LogP contribution in [-0.2, 0) is 6.42 Å². The van der Waals surface area contributed by atoms with E-state index in [0.717, 1.165) is 27.8 Å². The van der Waals surface area contributed by atoms with Crippen molar-refractivity contribution in [2.75, 3.05) is 7.05 Å². The summed E-state index contributed by atoms with van der Waals surface area (Å²) in [5, 5.41) is 10.6. The zero-order valence-electron chi connectivity index (χ0n) is 10.00. The number of H-pyrrole nitrogens is 1. The van der Waals surface area contributed by atoms with E-state index in [0.29, 0.717) is 6.04 Å². The van der Waals surface area contributed by atoms with Gasteiger partial charge in [-0.05, 0) is 32.2 Å². The van der Waals surface area contributed by atoms with E-state index in [4.69, 9.17) is 0 Å². The van der Waals surface area contributed by atoms with Crippen LogP contribution in [0.3, 0.4) is 0 Å². The lowest BCUT2D eigenvalue weighted by atomic mass is 10.1. The van der Waals surface area contributed by atoms with Crippen molar-refractivity contribution < 1.29 is 0 Å². The fraction of sp³-hybridized carbons (Fsp3) is 0.308. The molecule has 1 aromatic carbocycles. The summed E-state index contributed by atoms with van der Waals surface area (Å²) >= 11 is 3.47. The number of benzene rings is 1. The van der Waals surface area contributed by atoms with Crippen molar-refractivity contribution in [3.05, 3.63) is 40.5 Å². The molecule has 0 radical (unpaired) electrons. The maximum Gasteiger partial charge on any atom is 0.0923 e. The van der Waals surface area contributed by atoms with Gasteiger partial charge in [0.05, 0.1) is 5.69 Å². The standard InChI is InChI=1S/C13H16BrN3/c1-9(15-2)6-12-8-13(17-16-12)10-4-3-5-11(14)7-10/h3-5,7-9,15H,6H2,1-2H3,(H,16,17). The van der Waals surface area contributed by atoms with Crippen LogP contribution in [0.2, 0.25) is 0 Å². The Balaban J connectivity index is 2.18. The third-order valence-electron chi connectivity index (χ3n) is 2.77. The van der Waals surface area contributed by atoms with Gasteiger partial charge in [-0.1, -0.05) is 28.1 Å². The van der Waals surface area contributed by atoms with Crippen LogP contribution in [0.5, 0.6) is 0 Å². The lowest BCUT2D eigenvalue weighted by Gasteiger charge is -2.06. The molecule has 0 saturated carbocycles. The number of halogens is 1. The molecule has 0 amide bonds. The van der Waals surface area contributed by atoms with Crippen LogP contribution in [0.4, 0.5) is 0 Å². The summed E-state index contributed by atoms with van der Waals surface area (Å²) in [6.07, 6.45) is 0.956. The molecule has 0 spiro atoms. The molecule has 0 aliphatic carbocycles. The maximum absolute atomic E-state index is 4.34. The maximum atomic E-state index is 4.34. The Labute approximate surface area is 110 Å². The molecule has 0 bridgehead atoms. The number of likely N-dealkylation sites (N-methyl/N-ethyl adjacent to an activating group) is 1. The highest BCUT2D eigenvalue weighted by atomic mass is 79.9. The van der Waals surface area contributed by atoms with Crippen LogP contribution in [-0.4, -0.2) is 23.3 Å². The third kappa shape index (κ3) is 3.17. The fourth-order valence-corrected chi connectivity index (χ4v) is 2.09. The van der Waals surface area contributed by atoms with E-state index in [1.54, 1.807) is 0 Å². The Morgan fingerprint density at radius 3 is 2.94 bits per heavy atom. The molecule has 3 nitrogen and oxygen atoms in total. The molecular weight excluding hydrogens is 278 g/mol. The average Bonchev–Trinajstić information content (AvgIpc) is 2.77. The molecule has 1 atom stereocenters. The van der Waals surface area contributed by atoms with E-state index >= 15 is 0 Å². The van der Waals surface area contributed by atoms with Crippen LogP contribution < -0.4 is 5.32 Å². The average molecular weight is 294 g/mol. The first kappa shape index (κ1) is 12.3. The van der Waals surface area contributed by atoms with Gasteiger partial charge < -0.3 is 5.32 Å². The summed E-state index contributed by atoms with van der Waals surface area (Å²) in [6.45, 7) is 2.15. The summed E-state index contributed by atoms with van der Waals surface area (Å²) in [5.41, 5.74) is 3.27. The highest BCUT2D eigenvalue weighted by Crippen LogP contribution is 2.21. The lowest BCUT2D eigenvalue weighted by Crippen LogP contribution is -2.23. The minimum atomic E-state index is 0.450. The van der Waals surface area contributed by atoms with E-state index < -0.39 is 0 Å². The van der Waals surface area contributed by atoms with Crippen LogP contribution in [0, 0.1) is 0 Å². The molecule has 1 heterocycles. The summed E-state index contributed by atoms with van der Waals surface area (Å²) in [4.78, 5) is 0. The number of hydrogen-bond acceptors (Lipinski definition) is 2. The topological polar surface area (TPSA) is 40.7 Å². The number of aromatic amines is 1. The van der Waals surface area contributed by atoms with E-state index in [1.165, 1.54) is 0 Å². The first-order valence-electron chi connectivity index (χ1n) is 5.66. The summed E-state index contributed by atoms with van der Waals surface area (Å²) in [5.74, 6) is 0. The zero-order chi connectivity index (χ0) is 12.3. The number of nitrogens with zero attached hydrogens (tertiary/aromatic N) is 1.